The fraction of sp³-hybridized carbons (Fsp3) is 0.348. The Bertz CT molecular complexity index is 999. The third-order valence-corrected chi connectivity index (χ3v) is 5.91. The Balaban J connectivity index is 1.33. The average Bonchev–Trinajstić information content (AvgIpc) is 3.35. The number of nitrogens with one attached hydrogen (secondary N) is 2. The number of nitrogens with zero attached hydrogens (tertiary/aromatic N) is 4. The molecule has 0 spiro atoms. The third-order valence-electron chi connectivity index (χ3n) is 5.60. The van der Waals surface area contributed by atoms with Crippen molar-refractivity contribution >= 4 is 17.6 Å². The van der Waals surface area contributed by atoms with Gasteiger partial charge in [0.25, 0.3) is 0 Å². The molecule has 7 nitrogen and oxygen atoms in total. The Labute approximate surface area is 187 Å². The highest BCUT2D eigenvalue weighted by Crippen LogP contribution is 2.26. The molecule has 8 heteroatoms. The van der Waals surface area contributed by atoms with Gasteiger partial charge in [-0.25, -0.2) is 4.98 Å². The zero-order valence-corrected chi connectivity index (χ0v) is 18.3. The van der Waals surface area contributed by atoms with Crippen LogP contribution in [0.5, 0.6) is 5.75 Å². The predicted octanol–water partition coefficient (Wildman–Crippen LogP) is 3.99. The first kappa shape index (κ1) is 21.2. The number of aliphatic imine (C=N–C) groups is 1. The minimum atomic E-state index is 0.430. The molecule has 1 aliphatic heterocycles. The Morgan fingerprint density at radius 2 is 1.90 bits per heavy atom. The maximum absolute atomic E-state index is 6.21. The topological polar surface area (TPSA) is 78.4 Å². The van der Waals surface area contributed by atoms with Crippen LogP contribution in [-0.2, 0) is 13.2 Å². The molecule has 0 aliphatic carbocycles. The SMILES string of the molecule is CN=C(NCc1ccccc1COc1ccccc1Cl)N1CCC(c2ncn[nH]2)CC1. The lowest BCUT2D eigenvalue weighted by molar-refractivity contribution is 0.297. The van der Waals surface area contributed by atoms with Crippen molar-refractivity contribution in [2.75, 3.05) is 20.1 Å². The van der Waals surface area contributed by atoms with E-state index < -0.39 is 0 Å². The van der Waals surface area contributed by atoms with Gasteiger partial charge in [0, 0.05) is 32.6 Å². The molecular formula is C23H27ClN6O. The Kier molecular flexibility index (Phi) is 7.04. The second-order valence-electron chi connectivity index (χ2n) is 7.52. The number of aromatic amines is 1. The number of halogens is 1. The molecule has 0 saturated carbocycles. The Hall–Kier alpha value is -3.06. The fourth-order valence-electron chi connectivity index (χ4n) is 3.87. The Morgan fingerprint density at radius 3 is 2.61 bits per heavy atom. The van der Waals surface area contributed by atoms with Crippen LogP contribution in [-0.4, -0.2) is 46.2 Å². The van der Waals surface area contributed by atoms with Crippen molar-refractivity contribution < 1.29 is 4.74 Å². The molecule has 2 N–H and O–H groups in total. The van der Waals surface area contributed by atoms with E-state index in [1.807, 2.05) is 43.4 Å². The van der Waals surface area contributed by atoms with E-state index in [0.717, 1.165) is 43.3 Å². The van der Waals surface area contributed by atoms with Gasteiger partial charge in [0.05, 0.1) is 5.02 Å². The van der Waals surface area contributed by atoms with Crippen LogP contribution in [0.1, 0.15) is 35.7 Å². The number of hydrogen-bond donors (Lipinski definition) is 2. The number of hydrogen-bond acceptors (Lipinski definition) is 4. The molecule has 0 atom stereocenters. The first-order valence-corrected chi connectivity index (χ1v) is 10.9. The number of aromatic nitrogens is 3. The normalized spacial score (nSPS) is 15.2. The highest BCUT2D eigenvalue weighted by Gasteiger charge is 2.24. The van der Waals surface area contributed by atoms with Gasteiger partial charge in [-0.05, 0) is 36.1 Å². The van der Waals surface area contributed by atoms with E-state index in [1.54, 1.807) is 6.33 Å². The van der Waals surface area contributed by atoms with Crippen LogP contribution in [0.4, 0.5) is 0 Å². The van der Waals surface area contributed by atoms with Crippen LogP contribution >= 0.6 is 11.6 Å². The summed E-state index contributed by atoms with van der Waals surface area (Å²) in [5.74, 6) is 3.02. The lowest BCUT2D eigenvalue weighted by Crippen LogP contribution is -2.45. The maximum Gasteiger partial charge on any atom is 0.193 e. The zero-order chi connectivity index (χ0) is 21.5. The van der Waals surface area contributed by atoms with Crippen molar-refractivity contribution in [3.63, 3.8) is 0 Å². The summed E-state index contributed by atoms with van der Waals surface area (Å²) in [6, 6.07) is 15.8. The average molecular weight is 439 g/mol. The molecule has 162 valence electrons. The second-order valence-corrected chi connectivity index (χ2v) is 7.93. The van der Waals surface area contributed by atoms with E-state index in [2.05, 4.69) is 42.5 Å². The van der Waals surface area contributed by atoms with Gasteiger partial charge in [0.2, 0.25) is 0 Å². The summed E-state index contributed by atoms with van der Waals surface area (Å²) in [4.78, 5) is 11.1. The van der Waals surface area contributed by atoms with Gasteiger partial charge in [-0.3, -0.25) is 10.1 Å². The van der Waals surface area contributed by atoms with Gasteiger partial charge in [0.1, 0.15) is 24.5 Å². The number of ether oxygens (including phenoxy) is 1. The van der Waals surface area contributed by atoms with Gasteiger partial charge in [-0.15, -0.1) is 0 Å². The van der Waals surface area contributed by atoms with Crippen molar-refractivity contribution in [2.24, 2.45) is 4.99 Å². The van der Waals surface area contributed by atoms with Crippen LogP contribution in [0.2, 0.25) is 5.02 Å². The molecule has 3 aromatic rings. The number of likely N-dealkylation sites (tertiary alicyclic amines) is 1. The molecule has 1 aliphatic rings. The molecule has 2 heterocycles. The molecular weight excluding hydrogens is 412 g/mol. The monoisotopic (exact) mass is 438 g/mol. The number of para-hydroxylation sites is 1. The van der Waals surface area contributed by atoms with E-state index in [-0.39, 0.29) is 0 Å². The van der Waals surface area contributed by atoms with Crippen molar-refractivity contribution in [1.82, 2.24) is 25.4 Å². The number of benzene rings is 2. The van der Waals surface area contributed by atoms with Crippen molar-refractivity contribution in [1.29, 1.82) is 0 Å². The van der Waals surface area contributed by atoms with Gasteiger partial charge in [-0.1, -0.05) is 48.0 Å². The summed E-state index contributed by atoms with van der Waals surface area (Å²) in [5, 5.41) is 11.1. The van der Waals surface area contributed by atoms with E-state index in [1.165, 1.54) is 5.56 Å². The molecule has 0 radical (unpaired) electrons. The quantitative estimate of drug-likeness (QED) is 0.449. The van der Waals surface area contributed by atoms with Gasteiger partial charge >= 0.3 is 0 Å². The highest BCUT2D eigenvalue weighted by molar-refractivity contribution is 6.32. The van der Waals surface area contributed by atoms with Crippen LogP contribution in [0.15, 0.2) is 59.9 Å². The highest BCUT2D eigenvalue weighted by atomic mass is 35.5. The van der Waals surface area contributed by atoms with E-state index in [0.29, 0.717) is 29.8 Å². The molecule has 31 heavy (non-hydrogen) atoms. The molecule has 0 unspecified atom stereocenters. The molecule has 0 bridgehead atoms. The van der Waals surface area contributed by atoms with Crippen molar-refractivity contribution in [3.8, 4) is 5.75 Å². The summed E-state index contributed by atoms with van der Waals surface area (Å²) < 4.78 is 5.95. The van der Waals surface area contributed by atoms with E-state index in [9.17, 15) is 0 Å². The first-order valence-electron chi connectivity index (χ1n) is 10.5. The third kappa shape index (κ3) is 5.35. The van der Waals surface area contributed by atoms with Gasteiger partial charge < -0.3 is 15.0 Å². The summed E-state index contributed by atoms with van der Waals surface area (Å²) in [7, 11) is 1.83. The second kappa shape index (κ2) is 10.3. The molecule has 2 aromatic carbocycles. The lowest BCUT2D eigenvalue weighted by atomic mass is 9.96. The van der Waals surface area contributed by atoms with E-state index in [4.69, 9.17) is 16.3 Å². The largest absolute Gasteiger partial charge is 0.487 e. The summed E-state index contributed by atoms with van der Waals surface area (Å²) in [5.41, 5.74) is 2.29. The van der Waals surface area contributed by atoms with Crippen molar-refractivity contribution in [3.05, 3.63) is 76.8 Å². The number of rotatable bonds is 6. The van der Waals surface area contributed by atoms with Gasteiger partial charge in [0.15, 0.2) is 5.96 Å². The number of guanidine groups is 1. The maximum atomic E-state index is 6.21. The molecule has 4 rings (SSSR count). The first-order chi connectivity index (χ1) is 15.2. The zero-order valence-electron chi connectivity index (χ0n) is 17.6. The van der Waals surface area contributed by atoms with Crippen LogP contribution in [0, 0.1) is 0 Å². The molecule has 1 aromatic heterocycles. The predicted molar refractivity (Wildman–Crippen MR) is 122 cm³/mol. The molecule has 1 saturated heterocycles. The number of H-pyrrole nitrogens is 1. The van der Waals surface area contributed by atoms with Crippen LogP contribution < -0.4 is 10.1 Å². The van der Waals surface area contributed by atoms with E-state index >= 15 is 0 Å². The Morgan fingerprint density at radius 1 is 1.16 bits per heavy atom. The van der Waals surface area contributed by atoms with Gasteiger partial charge in [-0.2, -0.15) is 5.10 Å². The van der Waals surface area contributed by atoms with Crippen LogP contribution in [0.3, 0.4) is 0 Å². The summed E-state index contributed by atoms with van der Waals surface area (Å²) in [6.45, 7) is 3.00. The molecule has 1 fully saturated rings. The molecule has 0 amide bonds. The summed E-state index contributed by atoms with van der Waals surface area (Å²) in [6.07, 6.45) is 3.63. The van der Waals surface area contributed by atoms with Crippen LogP contribution in [0.25, 0.3) is 0 Å². The lowest BCUT2D eigenvalue weighted by Gasteiger charge is -2.33. The minimum absolute atomic E-state index is 0.430. The standard InChI is InChI=1S/C23H27ClN6O/c1-25-23(30-12-10-17(11-13-30)22-27-16-28-29-22)26-14-18-6-2-3-7-19(18)15-31-21-9-5-4-8-20(21)24/h2-9,16-17H,10-15H2,1H3,(H,25,26)(H,27,28,29). The summed E-state index contributed by atoms with van der Waals surface area (Å²) >= 11 is 6.21. The minimum Gasteiger partial charge on any atom is -0.487 e. The fourth-order valence-corrected chi connectivity index (χ4v) is 4.06. The number of piperidine rings is 1. The van der Waals surface area contributed by atoms with Crippen molar-refractivity contribution in [2.45, 2.75) is 31.9 Å². The smallest absolute Gasteiger partial charge is 0.193 e.